The molecule has 1 fully saturated rings. The molecule has 5 rings (SSSR count). The Morgan fingerprint density at radius 3 is 3.00 bits per heavy atom. The highest BCUT2D eigenvalue weighted by molar-refractivity contribution is 5.95. The minimum absolute atomic E-state index is 0.00747. The van der Waals surface area contributed by atoms with E-state index in [4.69, 9.17) is 0 Å². The van der Waals surface area contributed by atoms with Crippen molar-refractivity contribution in [2.24, 2.45) is 5.92 Å². The van der Waals surface area contributed by atoms with Gasteiger partial charge in [-0.15, -0.1) is 5.10 Å². The van der Waals surface area contributed by atoms with E-state index >= 15 is 0 Å². The summed E-state index contributed by atoms with van der Waals surface area (Å²) in [6, 6.07) is 8.88. The van der Waals surface area contributed by atoms with Crippen LogP contribution in [0.1, 0.15) is 28.4 Å². The number of nitrogens with zero attached hydrogens (tertiary/aromatic N) is 6. The molecule has 8 heteroatoms. The molecule has 3 aromatic rings. The van der Waals surface area contributed by atoms with Gasteiger partial charge in [0, 0.05) is 49.1 Å². The van der Waals surface area contributed by atoms with Gasteiger partial charge in [-0.2, -0.15) is 0 Å². The van der Waals surface area contributed by atoms with Crippen molar-refractivity contribution >= 4 is 11.6 Å². The van der Waals surface area contributed by atoms with E-state index in [0.29, 0.717) is 36.8 Å². The van der Waals surface area contributed by atoms with Gasteiger partial charge in [0.25, 0.3) is 11.5 Å². The molecule has 126 valence electrons. The summed E-state index contributed by atoms with van der Waals surface area (Å²) in [4.78, 5) is 26.9. The number of likely N-dealkylation sites (tertiary alicyclic amines) is 1. The summed E-state index contributed by atoms with van der Waals surface area (Å²) >= 11 is 0. The van der Waals surface area contributed by atoms with Crippen molar-refractivity contribution in [3.8, 4) is 0 Å². The molecule has 2 bridgehead atoms. The molecule has 0 aliphatic carbocycles. The fourth-order valence-corrected chi connectivity index (χ4v) is 4.12. The first kappa shape index (κ1) is 14.3. The molecule has 1 saturated heterocycles. The zero-order valence-electron chi connectivity index (χ0n) is 13.4. The molecule has 3 aromatic heterocycles. The van der Waals surface area contributed by atoms with E-state index in [1.807, 2.05) is 21.6 Å². The Morgan fingerprint density at radius 1 is 1.16 bits per heavy atom. The van der Waals surface area contributed by atoms with Crippen LogP contribution >= 0.6 is 0 Å². The second kappa shape index (κ2) is 5.23. The van der Waals surface area contributed by atoms with Crippen molar-refractivity contribution < 1.29 is 4.79 Å². The van der Waals surface area contributed by atoms with Gasteiger partial charge < -0.3 is 9.47 Å². The second-order valence-corrected chi connectivity index (χ2v) is 6.81. The Bertz CT molecular complexity index is 1040. The summed E-state index contributed by atoms with van der Waals surface area (Å²) in [5, 5.41) is 11.3. The summed E-state index contributed by atoms with van der Waals surface area (Å²) in [7, 11) is 0. The number of pyridine rings is 2. The van der Waals surface area contributed by atoms with Crippen molar-refractivity contribution in [1.29, 1.82) is 0 Å². The average molecular weight is 336 g/mol. The zero-order valence-corrected chi connectivity index (χ0v) is 13.4. The van der Waals surface area contributed by atoms with Gasteiger partial charge in [0.05, 0.1) is 0 Å². The standard InChI is InChI=1S/C17H16N6O2/c24-16-3-1-2-14-13-6-11(9-22(14)16)8-21(10-13)17(25)12-4-5-23-15(7-12)18-19-20-23/h1-5,7,11,13H,6,8-10H2/t11-,13+/m1/s1. The number of amides is 1. The number of carbonyl (C=O) groups excluding carboxylic acids is 1. The van der Waals surface area contributed by atoms with Gasteiger partial charge in [-0.05, 0) is 41.0 Å². The van der Waals surface area contributed by atoms with Crippen molar-refractivity contribution in [2.45, 2.75) is 18.9 Å². The molecule has 0 spiro atoms. The summed E-state index contributed by atoms with van der Waals surface area (Å²) in [5.74, 6) is 0.518. The van der Waals surface area contributed by atoms with Gasteiger partial charge in [0.2, 0.25) is 0 Å². The number of carbonyl (C=O) groups is 1. The Labute approximate surface area is 142 Å². The first-order valence-electron chi connectivity index (χ1n) is 8.36. The lowest BCUT2D eigenvalue weighted by atomic mass is 9.83. The summed E-state index contributed by atoms with van der Waals surface area (Å²) < 4.78 is 3.40. The normalized spacial score (nSPS) is 22.0. The highest BCUT2D eigenvalue weighted by Gasteiger charge is 2.36. The maximum Gasteiger partial charge on any atom is 0.254 e. The average Bonchev–Trinajstić information content (AvgIpc) is 3.09. The third kappa shape index (κ3) is 2.25. The lowest BCUT2D eigenvalue weighted by molar-refractivity contribution is 0.0594. The molecule has 25 heavy (non-hydrogen) atoms. The van der Waals surface area contributed by atoms with Crippen molar-refractivity contribution in [3.63, 3.8) is 0 Å². The van der Waals surface area contributed by atoms with E-state index in [1.54, 1.807) is 24.4 Å². The predicted octanol–water partition coefficient (Wildman–Crippen LogP) is 0.545. The zero-order chi connectivity index (χ0) is 17.0. The molecule has 0 unspecified atom stereocenters. The first-order chi connectivity index (χ1) is 12.2. The van der Waals surface area contributed by atoms with Crippen molar-refractivity contribution in [3.05, 3.63) is 58.1 Å². The van der Waals surface area contributed by atoms with Gasteiger partial charge in [0.1, 0.15) is 0 Å². The Morgan fingerprint density at radius 2 is 2.08 bits per heavy atom. The second-order valence-electron chi connectivity index (χ2n) is 6.81. The van der Waals surface area contributed by atoms with E-state index < -0.39 is 0 Å². The van der Waals surface area contributed by atoms with Crippen LogP contribution < -0.4 is 5.56 Å². The Kier molecular flexibility index (Phi) is 3.00. The first-order valence-corrected chi connectivity index (χ1v) is 8.36. The monoisotopic (exact) mass is 336 g/mol. The lowest BCUT2D eigenvalue weighted by Crippen LogP contribution is -2.49. The molecular formula is C17H16N6O2. The minimum atomic E-state index is -0.00747. The third-order valence-corrected chi connectivity index (χ3v) is 5.21. The largest absolute Gasteiger partial charge is 0.338 e. The van der Waals surface area contributed by atoms with Crippen LogP contribution in [-0.4, -0.2) is 48.5 Å². The maximum atomic E-state index is 13.0. The summed E-state index contributed by atoms with van der Waals surface area (Å²) in [6.45, 7) is 1.99. The van der Waals surface area contributed by atoms with E-state index in [9.17, 15) is 9.59 Å². The SMILES string of the molecule is O=C(c1ccn2nnnc2c1)N1C[C@H]2C[C@@H](C1)c1cccc(=O)n1C2. The summed E-state index contributed by atoms with van der Waals surface area (Å²) in [6.07, 6.45) is 2.72. The summed E-state index contributed by atoms with van der Waals surface area (Å²) in [5.41, 5.74) is 2.24. The smallest absolute Gasteiger partial charge is 0.254 e. The molecule has 8 nitrogen and oxygen atoms in total. The van der Waals surface area contributed by atoms with Crippen LogP contribution in [0, 0.1) is 5.92 Å². The fourth-order valence-electron chi connectivity index (χ4n) is 4.12. The van der Waals surface area contributed by atoms with E-state index in [-0.39, 0.29) is 17.4 Å². The van der Waals surface area contributed by atoms with E-state index in [1.165, 1.54) is 4.52 Å². The predicted molar refractivity (Wildman–Crippen MR) is 88.2 cm³/mol. The number of piperidine rings is 1. The molecule has 2 atom stereocenters. The number of aromatic nitrogens is 5. The number of hydrogen-bond acceptors (Lipinski definition) is 5. The fraction of sp³-hybridized carbons (Fsp3) is 0.353. The molecular weight excluding hydrogens is 320 g/mol. The van der Waals surface area contributed by atoms with Crippen molar-refractivity contribution in [2.75, 3.05) is 13.1 Å². The van der Waals surface area contributed by atoms with Gasteiger partial charge in [-0.3, -0.25) is 9.59 Å². The van der Waals surface area contributed by atoms with Gasteiger partial charge in [0.15, 0.2) is 5.65 Å². The lowest BCUT2D eigenvalue weighted by Gasteiger charge is -2.42. The third-order valence-electron chi connectivity index (χ3n) is 5.21. The molecule has 0 aromatic carbocycles. The molecule has 2 aliphatic rings. The molecule has 5 heterocycles. The van der Waals surface area contributed by atoms with Gasteiger partial charge in [-0.1, -0.05) is 6.07 Å². The van der Waals surface area contributed by atoms with E-state index in [0.717, 1.165) is 12.1 Å². The molecule has 0 saturated carbocycles. The number of fused-ring (bicyclic) bond motifs is 5. The maximum absolute atomic E-state index is 13.0. The van der Waals surface area contributed by atoms with Crippen LogP contribution in [-0.2, 0) is 6.54 Å². The van der Waals surface area contributed by atoms with Crippen molar-refractivity contribution in [1.82, 2.24) is 29.5 Å². The highest BCUT2D eigenvalue weighted by atomic mass is 16.2. The van der Waals surface area contributed by atoms with Crippen LogP contribution in [0.5, 0.6) is 0 Å². The van der Waals surface area contributed by atoms with Crippen LogP contribution in [0.3, 0.4) is 0 Å². The Balaban J connectivity index is 1.46. The Hall–Kier alpha value is -3.03. The highest BCUT2D eigenvalue weighted by Crippen LogP contribution is 2.35. The quantitative estimate of drug-likeness (QED) is 0.648. The molecule has 2 aliphatic heterocycles. The number of hydrogen-bond donors (Lipinski definition) is 0. The molecule has 0 radical (unpaired) electrons. The number of rotatable bonds is 1. The van der Waals surface area contributed by atoms with E-state index in [2.05, 4.69) is 15.5 Å². The van der Waals surface area contributed by atoms with Crippen LogP contribution in [0.2, 0.25) is 0 Å². The minimum Gasteiger partial charge on any atom is -0.338 e. The van der Waals surface area contributed by atoms with Gasteiger partial charge >= 0.3 is 0 Å². The topological polar surface area (TPSA) is 85.4 Å². The van der Waals surface area contributed by atoms with Crippen LogP contribution in [0.4, 0.5) is 0 Å². The molecule has 1 amide bonds. The van der Waals surface area contributed by atoms with Crippen LogP contribution in [0.15, 0.2) is 41.3 Å². The van der Waals surface area contributed by atoms with Crippen LogP contribution in [0.25, 0.3) is 5.65 Å². The molecule has 0 N–H and O–H groups in total. The number of tetrazole rings is 1. The van der Waals surface area contributed by atoms with Gasteiger partial charge in [-0.25, -0.2) is 4.52 Å².